The van der Waals surface area contributed by atoms with E-state index >= 15 is 0 Å². The van der Waals surface area contributed by atoms with Crippen LogP contribution in [0.1, 0.15) is 29.8 Å². The first kappa shape index (κ1) is 19.3. The molecular formula is C20H22N5O3-. The summed E-state index contributed by atoms with van der Waals surface area (Å²) in [7, 11) is 3.15. The normalized spacial score (nSPS) is 11.7. The molecule has 0 unspecified atom stereocenters. The van der Waals surface area contributed by atoms with Crippen molar-refractivity contribution in [1.82, 2.24) is 20.6 Å². The van der Waals surface area contributed by atoms with Gasteiger partial charge in [-0.15, -0.1) is 0 Å². The molecule has 1 N–H and O–H groups in total. The molecule has 0 aliphatic rings. The molecule has 0 aliphatic heterocycles. The number of carbonyl (C=O) groups is 1. The minimum Gasteiger partial charge on any atom is -0.493 e. The molecule has 28 heavy (non-hydrogen) atoms. The van der Waals surface area contributed by atoms with Gasteiger partial charge in [-0.3, -0.25) is 15.1 Å². The number of amides is 1. The summed E-state index contributed by atoms with van der Waals surface area (Å²) >= 11 is 0. The number of nitrogens with zero attached hydrogens (tertiary/aromatic N) is 4. The van der Waals surface area contributed by atoms with E-state index in [0.717, 1.165) is 12.0 Å². The van der Waals surface area contributed by atoms with Crippen molar-refractivity contribution in [2.45, 2.75) is 25.7 Å². The Hall–Kier alpha value is -3.42. The Bertz CT molecular complexity index is 910. The molecule has 1 aromatic heterocycles. The zero-order valence-corrected chi connectivity index (χ0v) is 16.0. The number of hydrogen-bond acceptors (Lipinski definition) is 6. The number of ether oxygens (including phenoxy) is 2. The standard InChI is InChI=1S/C20H23N5O3/c1-4-13-5-8-15(9-6-13)21-20(26)16(19-22-24-25-23-19)11-14-7-10-17(27-2)18(12-14)28-3/h5-10,12,16H,4,11H2,1-3H3,(H2,21,22,23,24,25,26)/p-1/t16-/m0/s1. The lowest BCUT2D eigenvalue weighted by Crippen LogP contribution is -2.24. The van der Waals surface area contributed by atoms with Crippen LogP contribution in [0.25, 0.3) is 0 Å². The number of rotatable bonds is 8. The number of carbonyl (C=O) groups excluding carboxylic acids is 1. The molecule has 0 saturated carbocycles. The predicted octanol–water partition coefficient (Wildman–Crippen LogP) is 2.37. The summed E-state index contributed by atoms with van der Waals surface area (Å²) in [4.78, 5) is 12.9. The summed E-state index contributed by atoms with van der Waals surface area (Å²) in [5, 5.41) is 17.7. The van der Waals surface area contributed by atoms with E-state index in [9.17, 15) is 4.79 Å². The second-order valence-electron chi connectivity index (χ2n) is 6.22. The Morgan fingerprint density at radius 1 is 1.07 bits per heavy atom. The van der Waals surface area contributed by atoms with Crippen LogP contribution in [-0.4, -0.2) is 35.7 Å². The summed E-state index contributed by atoms with van der Waals surface area (Å²) in [5.74, 6) is 0.621. The number of methoxy groups -OCH3 is 2. The van der Waals surface area contributed by atoms with E-state index in [2.05, 4.69) is 32.9 Å². The molecule has 3 rings (SSSR count). The van der Waals surface area contributed by atoms with Gasteiger partial charge in [0.15, 0.2) is 11.5 Å². The Kier molecular flexibility index (Phi) is 6.21. The Morgan fingerprint density at radius 3 is 2.39 bits per heavy atom. The fraction of sp³-hybridized carbons (Fsp3) is 0.300. The molecule has 1 heterocycles. The Morgan fingerprint density at radius 2 is 1.79 bits per heavy atom. The van der Waals surface area contributed by atoms with Crippen molar-refractivity contribution in [3.05, 3.63) is 59.4 Å². The molecule has 146 valence electrons. The molecule has 8 nitrogen and oxygen atoms in total. The number of aryl methyl sites for hydroxylation is 1. The van der Waals surface area contributed by atoms with Crippen molar-refractivity contribution in [3.8, 4) is 11.5 Å². The summed E-state index contributed by atoms with van der Waals surface area (Å²) in [5.41, 5.74) is 2.79. The minimum atomic E-state index is -0.640. The smallest absolute Gasteiger partial charge is 0.232 e. The van der Waals surface area contributed by atoms with Gasteiger partial charge in [-0.05, 0) is 48.2 Å². The number of tetrazole rings is 1. The average molecular weight is 380 g/mol. The zero-order chi connectivity index (χ0) is 19.9. The lowest BCUT2D eigenvalue weighted by atomic mass is 9.97. The second-order valence-corrected chi connectivity index (χ2v) is 6.22. The maximum absolute atomic E-state index is 12.9. The molecule has 0 radical (unpaired) electrons. The van der Waals surface area contributed by atoms with Crippen molar-refractivity contribution in [1.29, 1.82) is 0 Å². The van der Waals surface area contributed by atoms with E-state index < -0.39 is 5.92 Å². The molecular weight excluding hydrogens is 358 g/mol. The van der Waals surface area contributed by atoms with Gasteiger partial charge >= 0.3 is 0 Å². The molecule has 3 aromatic rings. The number of nitrogens with one attached hydrogen (secondary N) is 1. The fourth-order valence-corrected chi connectivity index (χ4v) is 2.89. The zero-order valence-electron chi connectivity index (χ0n) is 16.0. The number of anilines is 1. The average Bonchev–Trinajstić information content (AvgIpc) is 3.26. The van der Waals surface area contributed by atoms with Crippen molar-refractivity contribution in [3.63, 3.8) is 0 Å². The molecule has 0 aliphatic carbocycles. The molecule has 2 aromatic carbocycles. The van der Waals surface area contributed by atoms with E-state index in [-0.39, 0.29) is 11.7 Å². The predicted molar refractivity (Wildman–Crippen MR) is 104 cm³/mol. The summed E-state index contributed by atoms with van der Waals surface area (Å²) in [6.45, 7) is 2.08. The molecule has 1 atom stereocenters. The molecule has 0 fully saturated rings. The number of benzene rings is 2. The topological polar surface area (TPSA) is 100 Å². The van der Waals surface area contributed by atoms with Gasteiger partial charge in [0.2, 0.25) is 5.91 Å². The highest BCUT2D eigenvalue weighted by atomic mass is 16.5. The van der Waals surface area contributed by atoms with E-state index in [4.69, 9.17) is 9.47 Å². The van der Waals surface area contributed by atoms with E-state index in [0.29, 0.717) is 23.6 Å². The fourth-order valence-electron chi connectivity index (χ4n) is 2.89. The van der Waals surface area contributed by atoms with Gasteiger partial charge in [0.1, 0.15) is 0 Å². The highest BCUT2D eigenvalue weighted by Crippen LogP contribution is 2.30. The van der Waals surface area contributed by atoms with E-state index in [1.807, 2.05) is 36.4 Å². The Labute approximate surface area is 163 Å². The highest BCUT2D eigenvalue weighted by Gasteiger charge is 2.22. The minimum absolute atomic E-state index is 0.228. The lowest BCUT2D eigenvalue weighted by molar-refractivity contribution is -0.117. The quantitative estimate of drug-likeness (QED) is 0.640. The van der Waals surface area contributed by atoms with Crippen LogP contribution in [0.15, 0.2) is 42.5 Å². The van der Waals surface area contributed by atoms with Crippen molar-refractivity contribution < 1.29 is 14.3 Å². The van der Waals surface area contributed by atoms with E-state index in [1.165, 1.54) is 5.56 Å². The first-order valence-corrected chi connectivity index (χ1v) is 8.94. The van der Waals surface area contributed by atoms with Gasteiger partial charge in [0, 0.05) is 11.5 Å². The number of hydrogen-bond donors (Lipinski definition) is 1. The third-order valence-electron chi connectivity index (χ3n) is 4.48. The van der Waals surface area contributed by atoms with Crippen LogP contribution in [0.2, 0.25) is 0 Å². The first-order valence-electron chi connectivity index (χ1n) is 8.94. The summed E-state index contributed by atoms with van der Waals surface area (Å²) in [6.07, 6.45) is 1.31. The van der Waals surface area contributed by atoms with Crippen molar-refractivity contribution >= 4 is 11.6 Å². The maximum atomic E-state index is 12.9. The Balaban J connectivity index is 1.82. The van der Waals surface area contributed by atoms with Crippen LogP contribution in [0, 0.1) is 0 Å². The first-order chi connectivity index (χ1) is 13.6. The van der Waals surface area contributed by atoms with E-state index in [1.54, 1.807) is 20.3 Å². The highest BCUT2D eigenvalue weighted by molar-refractivity contribution is 5.95. The van der Waals surface area contributed by atoms with Crippen LogP contribution >= 0.6 is 0 Å². The van der Waals surface area contributed by atoms with Gasteiger partial charge in [-0.1, -0.05) is 25.1 Å². The van der Waals surface area contributed by atoms with Crippen LogP contribution in [0.4, 0.5) is 5.69 Å². The van der Waals surface area contributed by atoms with Crippen LogP contribution < -0.4 is 19.9 Å². The summed E-state index contributed by atoms with van der Waals surface area (Å²) < 4.78 is 10.6. The maximum Gasteiger partial charge on any atom is 0.232 e. The molecule has 0 saturated heterocycles. The van der Waals surface area contributed by atoms with Gasteiger partial charge < -0.3 is 19.9 Å². The van der Waals surface area contributed by atoms with Crippen LogP contribution in [0.3, 0.4) is 0 Å². The third kappa shape index (κ3) is 4.46. The summed E-state index contributed by atoms with van der Waals surface area (Å²) in [6, 6.07) is 13.2. The molecule has 1 amide bonds. The number of aromatic nitrogens is 4. The van der Waals surface area contributed by atoms with Gasteiger partial charge in [-0.2, -0.15) is 5.21 Å². The SMILES string of the molecule is CCc1ccc(NC(=O)[C@@H](Cc2ccc(OC)c(OC)c2)c2nnn[n-]2)cc1. The van der Waals surface area contributed by atoms with Crippen LogP contribution in [0.5, 0.6) is 11.5 Å². The largest absolute Gasteiger partial charge is 0.493 e. The monoisotopic (exact) mass is 380 g/mol. The second kappa shape index (κ2) is 8.98. The van der Waals surface area contributed by atoms with Gasteiger partial charge in [0.25, 0.3) is 0 Å². The van der Waals surface area contributed by atoms with Crippen molar-refractivity contribution in [2.24, 2.45) is 0 Å². The third-order valence-corrected chi connectivity index (χ3v) is 4.48. The van der Waals surface area contributed by atoms with Crippen LogP contribution in [-0.2, 0) is 17.6 Å². The molecule has 8 heteroatoms. The van der Waals surface area contributed by atoms with Gasteiger partial charge in [-0.25, -0.2) is 0 Å². The lowest BCUT2D eigenvalue weighted by Gasteiger charge is -2.18. The molecule has 0 spiro atoms. The molecule has 0 bridgehead atoms. The van der Waals surface area contributed by atoms with Gasteiger partial charge in [0.05, 0.1) is 20.1 Å². The van der Waals surface area contributed by atoms with Crippen molar-refractivity contribution in [2.75, 3.05) is 19.5 Å².